The van der Waals surface area contributed by atoms with Gasteiger partial charge in [0.15, 0.2) is 0 Å². The summed E-state index contributed by atoms with van der Waals surface area (Å²) in [6.45, 7) is 2.84. The van der Waals surface area contributed by atoms with E-state index in [2.05, 4.69) is 20.3 Å². The number of carbonyl (C=O) groups excluding carboxylic acids is 1. The first-order valence-corrected chi connectivity index (χ1v) is 11.3. The molecule has 1 aliphatic heterocycles. The monoisotopic (exact) mass is 475 g/mol. The first-order chi connectivity index (χ1) is 16.5. The van der Waals surface area contributed by atoms with Crippen LogP contribution in [-0.2, 0) is 9.53 Å². The van der Waals surface area contributed by atoms with Crippen molar-refractivity contribution in [1.82, 2.24) is 19.9 Å². The first-order valence-electron chi connectivity index (χ1n) is 10.9. The number of phenolic OH excluding ortho intramolecular Hbond substituents is 1. The molecule has 8 nitrogen and oxygen atoms in total. The molecule has 0 atom stereocenters. The minimum absolute atomic E-state index is 0.152. The van der Waals surface area contributed by atoms with E-state index in [-0.39, 0.29) is 24.1 Å². The number of aromatic nitrogens is 3. The number of hydrogen-bond acceptors (Lipinski definition) is 7. The van der Waals surface area contributed by atoms with E-state index >= 15 is 0 Å². The van der Waals surface area contributed by atoms with Crippen molar-refractivity contribution in [2.45, 2.75) is 0 Å². The van der Waals surface area contributed by atoms with Crippen molar-refractivity contribution in [2.24, 2.45) is 0 Å². The minimum atomic E-state index is -0.210. The quantitative estimate of drug-likeness (QED) is 0.421. The van der Waals surface area contributed by atoms with Crippen LogP contribution in [0.4, 0.5) is 5.95 Å². The average Bonchev–Trinajstić information content (AvgIpc) is 2.84. The van der Waals surface area contributed by atoms with Crippen LogP contribution >= 0.6 is 11.6 Å². The molecule has 34 heavy (non-hydrogen) atoms. The number of nitrogens with one attached hydrogen (secondary N) is 1. The molecule has 9 heteroatoms. The van der Waals surface area contributed by atoms with Crippen molar-refractivity contribution < 1.29 is 14.6 Å². The Labute approximate surface area is 201 Å². The molecule has 0 spiro atoms. The van der Waals surface area contributed by atoms with Crippen LogP contribution in [-0.4, -0.2) is 63.7 Å². The Kier molecular flexibility index (Phi) is 6.35. The highest BCUT2D eigenvalue weighted by Crippen LogP contribution is 2.32. The number of ether oxygens (including phenoxy) is 1. The van der Waals surface area contributed by atoms with E-state index < -0.39 is 0 Å². The number of amides is 1. The van der Waals surface area contributed by atoms with Crippen LogP contribution in [0.2, 0.25) is 5.15 Å². The third-order valence-corrected chi connectivity index (χ3v) is 5.85. The molecule has 0 aliphatic carbocycles. The SMILES string of the molecule is O=C(CN1CCOCC1)Nc1nc(-c2ccc(O)cc2)cc(-c2cc3ccccc3nc2Cl)n1. The van der Waals surface area contributed by atoms with Gasteiger partial charge in [-0.3, -0.25) is 15.0 Å². The molecule has 3 heterocycles. The smallest absolute Gasteiger partial charge is 0.240 e. The molecule has 1 fully saturated rings. The molecule has 0 radical (unpaired) electrons. The lowest BCUT2D eigenvalue weighted by Crippen LogP contribution is -2.41. The number of phenols is 1. The summed E-state index contributed by atoms with van der Waals surface area (Å²) in [4.78, 5) is 28.4. The lowest BCUT2D eigenvalue weighted by Gasteiger charge is -2.25. The fourth-order valence-electron chi connectivity index (χ4n) is 3.82. The summed E-state index contributed by atoms with van der Waals surface area (Å²) >= 11 is 6.53. The van der Waals surface area contributed by atoms with Gasteiger partial charge in [0.25, 0.3) is 0 Å². The molecule has 0 unspecified atom stereocenters. The number of fused-ring (bicyclic) bond motifs is 1. The number of aromatic hydroxyl groups is 1. The number of hydrogen-bond donors (Lipinski definition) is 2. The van der Waals surface area contributed by atoms with E-state index in [1.807, 2.05) is 35.2 Å². The number of morpholine rings is 1. The number of para-hydroxylation sites is 1. The van der Waals surface area contributed by atoms with Crippen LogP contribution in [0.3, 0.4) is 0 Å². The van der Waals surface area contributed by atoms with Crippen LogP contribution in [0.5, 0.6) is 5.75 Å². The van der Waals surface area contributed by atoms with Crippen LogP contribution in [0, 0.1) is 0 Å². The summed E-state index contributed by atoms with van der Waals surface area (Å²) in [5.41, 5.74) is 3.28. The zero-order valence-electron chi connectivity index (χ0n) is 18.2. The van der Waals surface area contributed by atoms with Gasteiger partial charge in [-0.05, 0) is 42.5 Å². The summed E-state index contributed by atoms with van der Waals surface area (Å²) in [5.74, 6) is 0.111. The van der Waals surface area contributed by atoms with Gasteiger partial charge < -0.3 is 9.84 Å². The van der Waals surface area contributed by atoms with Gasteiger partial charge in [-0.15, -0.1) is 0 Å². The Morgan fingerprint density at radius 1 is 1.00 bits per heavy atom. The highest BCUT2D eigenvalue weighted by Gasteiger charge is 2.17. The third-order valence-electron chi connectivity index (χ3n) is 5.56. The topological polar surface area (TPSA) is 100 Å². The van der Waals surface area contributed by atoms with Crippen molar-refractivity contribution in [3.05, 3.63) is 65.8 Å². The van der Waals surface area contributed by atoms with Crippen LogP contribution in [0.25, 0.3) is 33.4 Å². The van der Waals surface area contributed by atoms with E-state index in [0.29, 0.717) is 48.4 Å². The fourth-order valence-corrected chi connectivity index (χ4v) is 4.06. The molecule has 1 amide bonds. The van der Waals surface area contributed by atoms with Gasteiger partial charge in [0.1, 0.15) is 10.9 Å². The molecule has 4 aromatic rings. The summed E-state index contributed by atoms with van der Waals surface area (Å²) in [6, 6.07) is 18.1. The Morgan fingerprint density at radius 3 is 2.53 bits per heavy atom. The van der Waals surface area contributed by atoms with Crippen molar-refractivity contribution in [3.8, 4) is 28.3 Å². The van der Waals surface area contributed by atoms with E-state index in [1.54, 1.807) is 30.3 Å². The van der Waals surface area contributed by atoms with Crippen LogP contribution in [0.15, 0.2) is 60.7 Å². The zero-order chi connectivity index (χ0) is 23.5. The summed E-state index contributed by atoms with van der Waals surface area (Å²) in [6.07, 6.45) is 0. The molecule has 2 aromatic carbocycles. The van der Waals surface area contributed by atoms with Crippen molar-refractivity contribution in [2.75, 3.05) is 38.2 Å². The second kappa shape index (κ2) is 9.72. The van der Waals surface area contributed by atoms with Crippen LogP contribution in [0.1, 0.15) is 0 Å². The number of rotatable bonds is 5. The molecule has 5 rings (SSSR count). The van der Waals surface area contributed by atoms with Gasteiger partial charge in [-0.1, -0.05) is 29.8 Å². The number of nitrogens with zero attached hydrogens (tertiary/aromatic N) is 4. The van der Waals surface area contributed by atoms with E-state index in [9.17, 15) is 9.90 Å². The zero-order valence-corrected chi connectivity index (χ0v) is 19.0. The maximum absolute atomic E-state index is 12.7. The Hall–Kier alpha value is -3.59. The largest absolute Gasteiger partial charge is 0.508 e. The van der Waals surface area contributed by atoms with Gasteiger partial charge >= 0.3 is 0 Å². The normalized spacial score (nSPS) is 14.3. The van der Waals surface area contributed by atoms with Gasteiger partial charge in [-0.2, -0.15) is 0 Å². The van der Waals surface area contributed by atoms with Gasteiger partial charge in [-0.25, -0.2) is 15.0 Å². The molecule has 0 bridgehead atoms. The molecule has 1 aliphatic rings. The fraction of sp³-hybridized carbons (Fsp3) is 0.200. The average molecular weight is 476 g/mol. The molecule has 172 valence electrons. The van der Waals surface area contributed by atoms with Gasteiger partial charge in [0.05, 0.1) is 36.7 Å². The molecule has 2 aromatic heterocycles. The number of anilines is 1. The van der Waals surface area contributed by atoms with Crippen molar-refractivity contribution in [3.63, 3.8) is 0 Å². The molecule has 0 saturated carbocycles. The Morgan fingerprint density at radius 2 is 1.74 bits per heavy atom. The predicted octanol–water partition coefficient (Wildman–Crippen LogP) is 3.99. The Balaban J connectivity index is 1.53. The summed E-state index contributed by atoms with van der Waals surface area (Å²) < 4.78 is 5.34. The van der Waals surface area contributed by atoms with Gasteiger partial charge in [0.2, 0.25) is 11.9 Å². The van der Waals surface area contributed by atoms with Crippen LogP contribution < -0.4 is 5.32 Å². The lowest BCUT2D eigenvalue weighted by atomic mass is 10.1. The van der Waals surface area contributed by atoms with E-state index in [0.717, 1.165) is 16.5 Å². The number of benzene rings is 2. The van der Waals surface area contributed by atoms with Gasteiger partial charge in [0, 0.05) is 29.6 Å². The standard InChI is InChI=1S/C25H22ClN5O3/c26-24-19(13-17-3-1-2-4-20(17)27-24)22-14-21(16-5-7-18(32)8-6-16)28-25(29-22)30-23(33)15-31-9-11-34-12-10-31/h1-8,13-14,32H,9-12,15H2,(H,28,29,30,33). The van der Waals surface area contributed by atoms with E-state index in [4.69, 9.17) is 16.3 Å². The second-order valence-corrected chi connectivity index (χ2v) is 8.32. The molecule has 2 N–H and O–H groups in total. The lowest BCUT2D eigenvalue weighted by molar-refractivity contribution is -0.118. The van der Waals surface area contributed by atoms with Crippen molar-refractivity contribution in [1.29, 1.82) is 0 Å². The van der Waals surface area contributed by atoms with E-state index in [1.165, 1.54) is 0 Å². The second-order valence-electron chi connectivity index (χ2n) is 7.97. The maximum Gasteiger partial charge on any atom is 0.240 e. The number of pyridine rings is 1. The summed E-state index contributed by atoms with van der Waals surface area (Å²) in [5, 5.41) is 13.7. The first kappa shape index (κ1) is 22.2. The highest BCUT2D eigenvalue weighted by atomic mass is 35.5. The maximum atomic E-state index is 12.7. The minimum Gasteiger partial charge on any atom is -0.508 e. The predicted molar refractivity (Wildman–Crippen MR) is 131 cm³/mol. The third kappa shape index (κ3) is 4.99. The van der Waals surface area contributed by atoms with Crippen molar-refractivity contribution >= 4 is 34.4 Å². The molecular formula is C25H22ClN5O3. The highest BCUT2D eigenvalue weighted by molar-refractivity contribution is 6.32. The molecule has 1 saturated heterocycles. The Bertz CT molecular complexity index is 1340. The molecular weight excluding hydrogens is 454 g/mol. The number of halogens is 1. The number of carbonyl (C=O) groups is 1. The summed E-state index contributed by atoms with van der Waals surface area (Å²) in [7, 11) is 0.